The van der Waals surface area contributed by atoms with Crippen LogP contribution in [0.1, 0.15) is 21.6 Å². The van der Waals surface area contributed by atoms with Crippen molar-refractivity contribution in [2.75, 3.05) is 11.9 Å². The second-order valence-electron chi connectivity index (χ2n) is 4.57. The number of hydrogen-bond donors (Lipinski definition) is 1. The lowest BCUT2D eigenvalue weighted by molar-refractivity contribution is 0.0695. The van der Waals surface area contributed by atoms with E-state index in [0.29, 0.717) is 0 Å². The summed E-state index contributed by atoms with van der Waals surface area (Å²) in [6.45, 7) is 0.111. The summed E-state index contributed by atoms with van der Waals surface area (Å²) in [6.07, 6.45) is 0.459. The summed E-state index contributed by atoms with van der Waals surface area (Å²) < 4.78 is 5.15. The maximum absolute atomic E-state index is 12.0. The molecule has 0 fully saturated rings. The van der Waals surface area contributed by atoms with Crippen LogP contribution in [-0.4, -0.2) is 34.2 Å². The van der Waals surface area contributed by atoms with Gasteiger partial charge in [-0.25, -0.2) is 24.5 Å². The van der Waals surface area contributed by atoms with Gasteiger partial charge in [0.15, 0.2) is 0 Å². The van der Waals surface area contributed by atoms with Gasteiger partial charge in [0.05, 0.1) is 11.6 Å². The molecule has 0 aliphatic heterocycles. The number of carbonyl (C=O) groups is 2. The number of rotatable bonds is 5. The Morgan fingerprint density at radius 1 is 1.30 bits per heavy atom. The highest BCUT2D eigenvalue weighted by Crippen LogP contribution is 2.14. The highest BCUT2D eigenvalue weighted by Gasteiger charge is 2.19. The zero-order chi connectivity index (χ0) is 16.8. The van der Waals surface area contributed by atoms with Crippen LogP contribution < -0.4 is 4.90 Å². The van der Waals surface area contributed by atoms with E-state index in [4.69, 9.17) is 21.4 Å². The first kappa shape index (κ1) is 16.7. The Labute approximate surface area is 137 Å². The van der Waals surface area contributed by atoms with Gasteiger partial charge in [-0.2, -0.15) is 0 Å². The number of hydrogen-bond acceptors (Lipinski definition) is 5. The Hall–Kier alpha value is -2.67. The number of halogens is 1. The summed E-state index contributed by atoms with van der Waals surface area (Å²) in [4.78, 5) is 32.0. The SMILES string of the molecule is CN(C(=O)OCc1ccccc1)c1ncc(C(=O)O)c(CCl)n1. The van der Waals surface area contributed by atoms with E-state index in [1.54, 1.807) is 0 Å². The van der Waals surface area contributed by atoms with Crippen molar-refractivity contribution in [2.45, 2.75) is 12.5 Å². The normalized spacial score (nSPS) is 10.2. The molecule has 0 bridgehead atoms. The van der Waals surface area contributed by atoms with Gasteiger partial charge < -0.3 is 9.84 Å². The molecule has 0 saturated heterocycles. The summed E-state index contributed by atoms with van der Waals surface area (Å²) in [6, 6.07) is 9.21. The van der Waals surface area contributed by atoms with Crippen molar-refractivity contribution in [2.24, 2.45) is 0 Å². The summed E-state index contributed by atoms with van der Waals surface area (Å²) in [7, 11) is 1.43. The van der Waals surface area contributed by atoms with Crippen LogP contribution in [0, 0.1) is 0 Å². The molecule has 1 amide bonds. The molecule has 0 radical (unpaired) electrons. The lowest BCUT2D eigenvalue weighted by Crippen LogP contribution is -2.29. The van der Waals surface area contributed by atoms with Crippen molar-refractivity contribution >= 4 is 29.6 Å². The number of alkyl halides is 1. The second-order valence-corrected chi connectivity index (χ2v) is 4.84. The summed E-state index contributed by atoms with van der Waals surface area (Å²) >= 11 is 5.69. The Kier molecular flexibility index (Phi) is 5.48. The molecule has 0 atom stereocenters. The van der Waals surface area contributed by atoms with Gasteiger partial charge in [0.25, 0.3) is 0 Å². The number of carboxylic acids is 1. The number of aromatic nitrogens is 2. The summed E-state index contributed by atoms with van der Waals surface area (Å²) in [5, 5.41) is 9.00. The number of benzene rings is 1. The van der Waals surface area contributed by atoms with Gasteiger partial charge in [0, 0.05) is 13.2 Å². The molecule has 0 saturated carbocycles. The van der Waals surface area contributed by atoms with Gasteiger partial charge in [0.1, 0.15) is 12.2 Å². The van der Waals surface area contributed by atoms with Gasteiger partial charge >= 0.3 is 12.1 Å². The Balaban J connectivity index is 2.08. The van der Waals surface area contributed by atoms with Crippen molar-refractivity contribution in [3.8, 4) is 0 Å². The lowest BCUT2D eigenvalue weighted by atomic mass is 10.2. The highest BCUT2D eigenvalue weighted by atomic mass is 35.5. The molecule has 120 valence electrons. The van der Waals surface area contributed by atoms with Gasteiger partial charge in [-0.15, -0.1) is 11.6 Å². The number of carbonyl (C=O) groups excluding carboxylic acids is 1. The molecule has 8 heteroatoms. The van der Waals surface area contributed by atoms with E-state index in [2.05, 4.69) is 9.97 Å². The molecule has 0 aliphatic carbocycles. The van der Waals surface area contributed by atoms with E-state index in [-0.39, 0.29) is 29.7 Å². The molecule has 0 unspecified atom stereocenters. The zero-order valence-corrected chi connectivity index (χ0v) is 13.0. The maximum Gasteiger partial charge on any atom is 0.416 e. The lowest BCUT2D eigenvalue weighted by Gasteiger charge is -2.16. The zero-order valence-electron chi connectivity index (χ0n) is 12.3. The van der Waals surface area contributed by atoms with Crippen molar-refractivity contribution in [1.29, 1.82) is 0 Å². The predicted octanol–water partition coefficient (Wildman–Crippen LogP) is 2.69. The molecular weight excluding hydrogens is 322 g/mol. The number of ether oxygens (including phenoxy) is 1. The van der Waals surface area contributed by atoms with Crippen molar-refractivity contribution in [3.05, 3.63) is 53.3 Å². The number of carboxylic acid groups (broad SMARTS) is 1. The van der Waals surface area contributed by atoms with E-state index in [0.717, 1.165) is 16.7 Å². The van der Waals surface area contributed by atoms with E-state index < -0.39 is 12.1 Å². The molecule has 7 nitrogen and oxygen atoms in total. The average Bonchev–Trinajstić information content (AvgIpc) is 2.59. The minimum atomic E-state index is -1.18. The molecule has 1 aromatic carbocycles. The third-order valence-electron chi connectivity index (χ3n) is 2.99. The Bertz CT molecular complexity index is 709. The van der Waals surface area contributed by atoms with E-state index >= 15 is 0 Å². The van der Waals surface area contributed by atoms with Crippen LogP contribution in [0.25, 0.3) is 0 Å². The fraction of sp³-hybridized carbons (Fsp3) is 0.200. The van der Waals surface area contributed by atoms with Crippen LogP contribution in [0.3, 0.4) is 0 Å². The van der Waals surface area contributed by atoms with Crippen LogP contribution >= 0.6 is 11.6 Å². The molecule has 1 aromatic heterocycles. The van der Waals surface area contributed by atoms with Crippen LogP contribution in [-0.2, 0) is 17.2 Å². The van der Waals surface area contributed by atoms with Crippen LogP contribution in [0.5, 0.6) is 0 Å². The standard InChI is InChI=1S/C15H14ClN3O4/c1-19(15(22)23-9-10-5-3-2-4-6-10)14-17-8-11(13(20)21)12(7-16)18-14/h2-6,8H,7,9H2,1H3,(H,20,21). The smallest absolute Gasteiger partial charge is 0.416 e. The van der Waals surface area contributed by atoms with Crippen LogP contribution in [0.4, 0.5) is 10.7 Å². The molecule has 2 aromatic rings. The summed E-state index contributed by atoms with van der Waals surface area (Å²) in [5.41, 5.74) is 0.875. The molecule has 1 heterocycles. The highest BCUT2D eigenvalue weighted by molar-refractivity contribution is 6.17. The average molecular weight is 336 g/mol. The minimum absolute atomic E-state index is 0.0173. The fourth-order valence-corrected chi connectivity index (χ4v) is 1.95. The topological polar surface area (TPSA) is 92.6 Å². The van der Waals surface area contributed by atoms with Gasteiger partial charge in [0.2, 0.25) is 5.95 Å². The van der Waals surface area contributed by atoms with Crippen molar-refractivity contribution < 1.29 is 19.4 Å². The minimum Gasteiger partial charge on any atom is -0.478 e. The van der Waals surface area contributed by atoms with Gasteiger partial charge in [-0.3, -0.25) is 0 Å². The number of amides is 1. The van der Waals surface area contributed by atoms with E-state index in [1.165, 1.54) is 7.05 Å². The maximum atomic E-state index is 12.0. The second kappa shape index (κ2) is 7.55. The molecule has 1 N–H and O–H groups in total. The van der Waals surface area contributed by atoms with Crippen molar-refractivity contribution in [3.63, 3.8) is 0 Å². The monoisotopic (exact) mass is 335 g/mol. The van der Waals surface area contributed by atoms with Crippen LogP contribution in [0.15, 0.2) is 36.5 Å². The molecular formula is C15H14ClN3O4. The molecule has 2 rings (SSSR count). The van der Waals surface area contributed by atoms with E-state index in [9.17, 15) is 9.59 Å². The number of aromatic carboxylic acids is 1. The first-order chi connectivity index (χ1) is 11.0. The largest absolute Gasteiger partial charge is 0.478 e. The quantitative estimate of drug-likeness (QED) is 0.844. The van der Waals surface area contributed by atoms with Gasteiger partial charge in [-0.05, 0) is 5.56 Å². The predicted molar refractivity (Wildman–Crippen MR) is 83.6 cm³/mol. The molecule has 0 aliphatic rings. The molecule has 23 heavy (non-hydrogen) atoms. The summed E-state index contributed by atoms with van der Waals surface area (Å²) in [5.74, 6) is -1.27. The number of anilines is 1. The third-order valence-corrected chi connectivity index (χ3v) is 3.24. The Morgan fingerprint density at radius 2 is 2.00 bits per heavy atom. The van der Waals surface area contributed by atoms with Crippen LogP contribution in [0.2, 0.25) is 0 Å². The van der Waals surface area contributed by atoms with Gasteiger partial charge in [-0.1, -0.05) is 30.3 Å². The van der Waals surface area contributed by atoms with E-state index in [1.807, 2.05) is 30.3 Å². The molecule has 0 spiro atoms. The fourth-order valence-electron chi connectivity index (χ4n) is 1.75. The first-order valence-corrected chi connectivity index (χ1v) is 7.16. The number of nitrogens with zero attached hydrogens (tertiary/aromatic N) is 3. The third kappa shape index (κ3) is 4.17. The first-order valence-electron chi connectivity index (χ1n) is 6.62. The van der Waals surface area contributed by atoms with Crippen molar-refractivity contribution in [1.82, 2.24) is 9.97 Å². The Morgan fingerprint density at radius 3 is 2.61 bits per heavy atom.